The fourth-order valence-corrected chi connectivity index (χ4v) is 4.08. The number of Topliss-reactive ketones (excluding diaryl/α,β-unsaturated/α-hetero) is 1. The summed E-state index contributed by atoms with van der Waals surface area (Å²) < 4.78 is 46.4. The maximum atomic E-state index is 14.4. The summed E-state index contributed by atoms with van der Waals surface area (Å²) in [5.74, 6) is -1.31. The fourth-order valence-electron chi connectivity index (χ4n) is 2.93. The van der Waals surface area contributed by atoms with Crippen LogP contribution in [0.25, 0.3) is 0 Å². The van der Waals surface area contributed by atoms with E-state index in [-0.39, 0.29) is 28.5 Å². The van der Waals surface area contributed by atoms with Crippen molar-refractivity contribution in [2.45, 2.75) is 34.1 Å². The Balaban J connectivity index is 2.56. The van der Waals surface area contributed by atoms with Crippen molar-refractivity contribution in [1.82, 2.24) is 0 Å². The minimum absolute atomic E-state index is 0.0658. The van der Waals surface area contributed by atoms with Gasteiger partial charge in [0.1, 0.15) is 17.4 Å². The van der Waals surface area contributed by atoms with E-state index in [4.69, 9.17) is 4.74 Å². The Kier molecular flexibility index (Phi) is 6.41. The van der Waals surface area contributed by atoms with Crippen LogP contribution in [0.2, 0.25) is 0 Å². The molecule has 0 aliphatic rings. The summed E-state index contributed by atoms with van der Waals surface area (Å²) in [4.78, 5) is 11.9. The first-order valence-electron chi connectivity index (χ1n) is 8.63. The van der Waals surface area contributed by atoms with Crippen molar-refractivity contribution < 1.29 is 22.3 Å². The molecule has 0 atom stereocenters. The molecule has 0 radical (unpaired) electrons. The topological polar surface area (TPSA) is 96.3 Å². The lowest BCUT2D eigenvalue weighted by atomic mass is 9.99. The number of nitrogens with one attached hydrogen (secondary N) is 1. The SMILES string of the molecule is CCCS(=O)(=O)Nc1ccc(F)c(Oc2ccc(C)c(C(C)=O)c2C)c1C#N. The van der Waals surface area contributed by atoms with Crippen molar-refractivity contribution >= 4 is 21.5 Å². The number of sulfonamides is 1. The third kappa shape index (κ3) is 4.49. The molecular weight excluding hydrogens is 383 g/mol. The molecule has 8 heteroatoms. The van der Waals surface area contributed by atoms with Gasteiger partial charge in [0, 0.05) is 11.1 Å². The highest BCUT2D eigenvalue weighted by Crippen LogP contribution is 2.36. The smallest absolute Gasteiger partial charge is 0.232 e. The Hall–Kier alpha value is -2.92. The molecule has 0 aliphatic heterocycles. The van der Waals surface area contributed by atoms with Gasteiger partial charge in [0.2, 0.25) is 10.0 Å². The molecular formula is C20H21FN2O4S. The average Bonchev–Trinajstić information content (AvgIpc) is 2.59. The van der Waals surface area contributed by atoms with Crippen molar-refractivity contribution in [3.8, 4) is 17.6 Å². The summed E-state index contributed by atoms with van der Waals surface area (Å²) in [6, 6.07) is 7.24. The molecule has 0 heterocycles. The van der Waals surface area contributed by atoms with Crippen LogP contribution in [0.15, 0.2) is 24.3 Å². The highest BCUT2D eigenvalue weighted by molar-refractivity contribution is 7.92. The number of nitrogens with zero attached hydrogens (tertiary/aromatic N) is 1. The molecule has 0 aliphatic carbocycles. The molecule has 0 fully saturated rings. The number of aryl methyl sites for hydroxylation is 1. The number of hydrogen-bond donors (Lipinski definition) is 1. The van der Waals surface area contributed by atoms with E-state index in [1.54, 1.807) is 39.0 Å². The van der Waals surface area contributed by atoms with E-state index in [0.29, 0.717) is 17.5 Å². The van der Waals surface area contributed by atoms with E-state index in [2.05, 4.69) is 4.72 Å². The average molecular weight is 404 g/mol. The van der Waals surface area contributed by atoms with Gasteiger partial charge in [-0.1, -0.05) is 13.0 Å². The Morgan fingerprint density at radius 1 is 1.25 bits per heavy atom. The largest absolute Gasteiger partial charge is 0.452 e. The van der Waals surface area contributed by atoms with Crippen LogP contribution in [0.3, 0.4) is 0 Å². The Morgan fingerprint density at radius 2 is 1.93 bits per heavy atom. The molecule has 6 nitrogen and oxygen atoms in total. The maximum absolute atomic E-state index is 14.4. The number of rotatable bonds is 7. The van der Waals surface area contributed by atoms with Crippen molar-refractivity contribution in [1.29, 1.82) is 5.26 Å². The summed E-state index contributed by atoms with van der Waals surface area (Å²) in [5.41, 5.74) is 1.37. The standard InChI is InChI=1S/C20H21FN2O4S/c1-5-10-28(25,26)23-17-8-7-16(21)20(15(17)11-22)27-18-9-6-12(2)19(13(18)3)14(4)24/h6-9,23H,5,10H2,1-4H3. The van der Waals surface area contributed by atoms with Gasteiger partial charge < -0.3 is 4.74 Å². The van der Waals surface area contributed by atoms with E-state index in [9.17, 15) is 22.9 Å². The monoisotopic (exact) mass is 404 g/mol. The van der Waals surface area contributed by atoms with Gasteiger partial charge in [-0.3, -0.25) is 9.52 Å². The molecule has 2 aromatic rings. The van der Waals surface area contributed by atoms with E-state index in [1.807, 2.05) is 0 Å². The first-order valence-corrected chi connectivity index (χ1v) is 10.3. The van der Waals surface area contributed by atoms with Crippen LogP contribution in [0.5, 0.6) is 11.5 Å². The lowest BCUT2D eigenvalue weighted by Crippen LogP contribution is -2.17. The van der Waals surface area contributed by atoms with Crippen LogP contribution >= 0.6 is 0 Å². The predicted octanol–water partition coefficient (Wildman–Crippen LogP) is 4.46. The number of hydrogen-bond acceptors (Lipinski definition) is 5. The number of benzene rings is 2. The molecule has 0 aromatic heterocycles. The molecule has 2 rings (SSSR count). The lowest BCUT2D eigenvalue weighted by Gasteiger charge is -2.16. The molecule has 28 heavy (non-hydrogen) atoms. The fraction of sp³-hybridized carbons (Fsp3) is 0.300. The van der Waals surface area contributed by atoms with Gasteiger partial charge in [0.15, 0.2) is 17.3 Å². The van der Waals surface area contributed by atoms with Crippen molar-refractivity contribution in [3.63, 3.8) is 0 Å². The number of anilines is 1. The first kappa shape index (κ1) is 21.4. The molecule has 0 bridgehead atoms. The molecule has 1 N–H and O–H groups in total. The van der Waals surface area contributed by atoms with Gasteiger partial charge in [-0.25, -0.2) is 12.8 Å². The number of ketones is 1. The van der Waals surface area contributed by atoms with Crippen LogP contribution in [-0.2, 0) is 10.0 Å². The Labute approximate surface area is 164 Å². The summed E-state index contributed by atoms with van der Waals surface area (Å²) in [6.07, 6.45) is 0.387. The summed E-state index contributed by atoms with van der Waals surface area (Å²) in [7, 11) is -3.68. The number of carbonyl (C=O) groups excluding carboxylic acids is 1. The van der Waals surface area contributed by atoms with Crippen LogP contribution in [0.1, 0.15) is 47.3 Å². The van der Waals surface area contributed by atoms with E-state index < -0.39 is 21.6 Å². The second-order valence-corrected chi connectivity index (χ2v) is 8.21. The second kappa shape index (κ2) is 8.40. The van der Waals surface area contributed by atoms with Crippen molar-refractivity contribution in [3.05, 3.63) is 52.3 Å². The Morgan fingerprint density at radius 3 is 2.50 bits per heavy atom. The zero-order chi connectivity index (χ0) is 21.1. The number of nitriles is 1. The van der Waals surface area contributed by atoms with Gasteiger partial charge in [0.05, 0.1) is 11.4 Å². The third-order valence-electron chi connectivity index (χ3n) is 4.15. The number of carbonyl (C=O) groups is 1. The van der Waals surface area contributed by atoms with Gasteiger partial charge in [0.25, 0.3) is 0 Å². The van der Waals surface area contributed by atoms with E-state index in [1.165, 1.54) is 13.0 Å². The summed E-state index contributed by atoms with van der Waals surface area (Å²) >= 11 is 0. The molecule has 148 valence electrons. The third-order valence-corrected chi connectivity index (χ3v) is 5.62. The summed E-state index contributed by atoms with van der Waals surface area (Å²) in [5, 5.41) is 9.50. The van der Waals surface area contributed by atoms with Crippen LogP contribution in [-0.4, -0.2) is 20.0 Å². The predicted molar refractivity (Wildman–Crippen MR) is 105 cm³/mol. The zero-order valence-corrected chi connectivity index (χ0v) is 16.9. The van der Waals surface area contributed by atoms with Crippen molar-refractivity contribution in [2.75, 3.05) is 10.5 Å². The molecule has 0 saturated carbocycles. The normalized spacial score (nSPS) is 11.0. The zero-order valence-electron chi connectivity index (χ0n) is 16.1. The van der Waals surface area contributed by atoms with Crippen LogP contribution in [0, 0.1) is 31.0 Å². The Bertz CT molecular complexity index is 1070. The second-order valence-electron chi connectivity index (χ2n) is 6.37. The number of halogens is 1. The molecule has 0 saturated heterocycles. The molecule has 2 aromatic carbocycles. The maximum Gasteiger partial charge on any atom is 0.232 e. The lowest BCUT2D eigenvalue weighted by molar-refractivity contribution is 0.101. The van der Waals surface area contributed by atoms with Gasteiger partial charge in [-0.15, -0.1) is 0 Å². The molecule has 0 amide bonds. The quantitative estimate of drug-likeness (QED) is 0.687. The molecule has 0 unspecified atom stereocenters. The number of ether oxygens (including phenoxy) is 1. The minimum atomic E-state index is -3.68. The highest BCUT2D eigenvalue weighted by Gasteiger charge is 2.21. The van der Waals surface area contributed by atoms with Gasteiger partial charge in [-0.05, 0) is 51.0 Å². The van der Waals surface area contributed by atoms with E-state index >= 15 is 0 Å². The van der Waals surface area contributed by atoms with Crippen LogP contribution in [0.4, 0.5) is 10.1 Å². The van der Waals surface area contributed by atoms with Crippen molar-refractivity contribution in [2.24, 2.45) is 0 Å². The van der Waals surface area contributed by atoms with Crippen LogP contribution < -0.4 is 9.46 Å². The molecule has 0 spiro atoms. The van der Waals surface area contributed by atoms with Gasteiger partial charge in [-0.2, -0.15) is 5.26 Å². The highest BCUT2D eigenvalue weighted by atomic mass is 32.2. The van der Waals surface area contributed by atoms with Gasteiger partial charge >= 0.3 is 0 Å². The summed E-state index contributed by atoms with van der Waals surface area (Å²) in [6.45, 7) is 6.56. The van der Waals surface area contributed by atoms with E-state index in [0.717, 1.165) is 11.6 Å². The first-order chi connectivity index (χ1) is 13.1. The minimum Gasteiger partial charge on any atom is -0.452 e.